The largest absolute Gasteiger partial charge is 0.481 e. The van der Waals surface area contributed by atoms with Crippen LogP contribution in [0.3, 0.4) is 0 Å². The van der Waals surface area contributed by atoms with Gasteiger partial charge in [0, 0.05) is 0 Å². The Morgan fingerprint density at radius 2 is 1.49 bits per heavy atom. The molecule has 6 fully saturated rings. The Labute approximate surface area is 267 Å². The monoisotopic (exact) mass is 632 g/mol. The fraction of sp³-hybridized carbons (Fsp3) is 0.917. The number of carboxylic acids is 2. The molecule has 0 radical (unpaired) electrons. The molecular weight excluding hydrogens is 576 g/mol. The number of hydrogen-bond donors (Lipinski definition) is 4. The summed E-state index contributed by atoms with van der Waals surface area (Å²) >= 11 is 0. The van der Waals surface area contributed by atoms with Crippen LogP contribution in [0.4, 0.5) is 0 Å². The lowest BCUT2D eigenvalue weighted by molar-refractivity contribution is -0.298. The molecule has 254 valence electrons. The van der Waals surface area contributed by atoms with Gasteiger partial charge in [-0.3, -0.25) is 4.79 Å². The summed E-state index contributed by atoms with van der Waals surface area (Å²) in [5.74, 6) is -1.46. The lowest BCUT2D eigenvalue weighted by atomic mass is 9.31. The summed E-state index contributed by atoms with van der Waals surface area (Å²) in [7, 11) is 0. The standard InChI is InChI=1S/C36H56O9/c1-31(2)15-16-36(30(42)43)21(17-31)20-7-10-25-32(3)13-12-27(45-29-22(38)8-9-23(44-29)28(40)41)33(4,19-37)24(32)11-14-34(25,5)35(20,6)18-26(36)39/h19-27,29,38-39H,7-18H2,1-6H3,(H,40,41)(H,42,43). The van der Waals surface area contributed by atoms with Crippen molar-refractivity contribution in [2.45, 2.75) is 149 Å². The summed E-state index contributed by atoms with van der Waals surface area (Å²) in [4.78, 5) is 37.7. The van der Waals surface area contributed by atoms with E-state index in [0.29, 0.717) is 25.2 Å². The van der Waals surface area contributed by atoms with Crippen molar-refractivity contribution in [2.24, 2.45) is 56.2 Å². The fourth-order valence-corrected chi connectivity index (χ4v) is 12.9. The second-order valence-corrected chi connectivity index (χ2v) is 17.8. The summed E-state index contributed by atoms with van der Waals surface area (Å²) in [6.45, 7) is 13.6. The van der Waals surface area contributed by atoms with Gasteiger partial charge in [-0.2, -0.15) is 0 Å². The van der Waals surface area contributed by atoms with Crippen molar-refractivity contribution >= 4 is 18.2 Å². The first-order valence-corrected chi connectivity index (χ1v) is 17.5. The first-order chi connectivity index (χ1) is 20.9. The van der Waals surface area contributed by atoms with Crippen molar-refractivity contribution in [3.05, 3.63) is 0 Å². The number of carbonyl (C=O) groups excluding carboxylic acids is 1. The third kappa shape index (κ3) is 4.56. The maximum Gasteiger partial charge on any atom is 0.332 e. The number of aliphatic hydroxyl groups excluding tert-OH is 2. The predicted molar refractivity (Wildman–Crippen MR) is 165 cm³/mol. The maximum absolute atomic E-state index is 13.1. The molecule has 45 heavy (non-hydrogen) atoms. The molecule has 0 spiro atoms. The van der Waals surface area contributed by atoms with Gasteiger partial charge in [-0.05, 0) is 122 Å². The second kappa shape index (κ2) is 10.7. The van der Waals surface area contributed by atoms with Crippen LogP contribution in [0.2, 0.25) is 0 Å². The molecule has 9 nitrogen and oxygen atoms in total. The fourth-order valence-electron chi connectivity index (χ4n) is 12.9. The number of aliphatic carboxylic acids is 2. The van der Waals surface area contributed by atoms with Crippen LogP contribution in [-0.4, -0.2) is 69.4 Å². The Hall–Kier alpha value is -1.55. The average Bonchev–Trinajstić information content (AvgIpc) is 2.95. The summed E-state index contributed by atoms with van der Waals surface area (Å²) < 4.78 is 12.0. The minimum absolute atomic E-state index is 0.0238. The molecule has 9 heteroatoms. The SMILES string of the molecule is CC1(C)CCC2(C(=O)O)C(O)CC3(C)C(CCC4C5(C)CCC(OC6OC(C(=O)O)CCC6O)C(C)(C=O)C5CCC43C)C2C1. The number of carbonyl (C=O) groups is 3. The molecule has 5 aliphatic carbocycles. The molecule has 1 saturated heterocycles. The quantitative estimate of drug-likeness (QED) is 0.230. The van der Waals surface area contributed by atoms with E-state index in [9.17, 15) is 34.8 Å². The van der Waals surface area contributed by atoms with Crippen LogP contribution in [-0.2, 0) is 23.9 Å². The van der Waals surface area contributed by atoms with Crippen molar-refractivity contribution in [1.29, 1.82) is 0 Å². The van der Waals surface area contributed by atoms with E-state index in [-0.39, 0.29) is 52.3 Å². The van der Waals surface area contributed by atoms with E-state index >= 15 is 0 Å². The molecule has 0 amide bonds. The molecule has 0 bridgehead atoms. The van der Waals surface area contributed by atoms with Crippen molar-refractivity contribution in [3.8, 4) is 0 Å². The topological polar surface area (TPSA) is 151 Å². The highest BCUT2D eigenvalue weighted by Gasteiger charge is 2.73. The van der Waals surface area contributed by atoms with Crippen LogP contribution in [0.1, 0.15) is 119 Å². The van der Waals surface area contributed by atoms with Gasteiger partial charge in [0.05, 0.1) is 23.0 Å². The highest BCUT2D eigenvalue weighted by molar-refractivity contribution is 5.76. The van der Waals surface area contributed by atoms with E-state index in [1.54, 1.807) is 0 Å². The molecular formula is C36H56O9. The molecule has 4 N–H and O–H groups in total. The smallest absolute Gasteiger partial charge is 0.332 e. The van der Waals surface area contributed by atoms with Gasteiger partial charge in [0.25, 0.3) is 0 Å². The normalized spacial score (nSPS) is 54.0. The lowest BCUT2D eigenvalue weighted by Crippen LogP contribution is -2.70. The van der Waals surface area contributed by atoms with E-state index in [4.69, 9.17) is 9.47 Å². The van der Waals surface area contributed by atoms with Crippen LogP contribution in [0.25, 0.3) is 0 Å². The summed E-state index contributed by atoms with van der Waals surface area (Å²) in [5.41, 5.74) is -2.44. The number of carboxylic acid groups (broad SMARTS) is 2. The van der Waals surface area contributed by atoms with Crippen LogP contribution in [0.15, 0.2) is 0 Å². The van der Waals surface area contributed by atoms with E-state index < -0.39 is 53.5 Å². The van der Waals surface area contributed by atoms with Gasteiger partial charge in [-0.25, -0.2) is 4.79 Å². The molecule has 0 aromatic carbocycles. The highest BCUT2D eigenvalue weighted by atomic mass is 16.7. The van der Waals surface area contributed by atoms with Gasteiger partial charge in [0.15, 0.2) is 12.4 Å². The van der Waals surface area contributed by atoms with Crippen molar-refractivity contribution in [1.82, 2.24) is 0 Å². The number of aliphatic hydroxyl groups is 2. The zero-order valence-electron chi connectivity index (χ0n) is 28.1. The molecule has 1 heterocycles. The lowest BCUT2D eigenvalue weighted by Gasteiger charge is -2.73. The van der Waals surface area contributed by atoms with E-state index in [2.05, 4.69) is 34.6 Å². The third-order valence-electron chi connectivity index (χ3n) is 15.5. The Kier molecular flexibility index (Phi) is 7.95. The van der Waals surface area contributed by atoms with Gasteiger partial charge in [0.2, 0.25) is 0 Å². The number of ether oxygens (including phenoxy) is 2. The average molecular weight is 633 g/mol. The third-order valence-corrected chi connectivity index (χ3v) is 15.5. The molecule has 14 atom stereocenters. The van der Waals surface area contributed by atoms with E-state index in [1.807, 2.05) is 6.92 Å². The van der Waals surface area contributed by atoms with Gasteiger partial charge in [0.1, 0.15) is 12.4 Å². The molecule has 14 unspecified atom stereocenters. The zero-order chi connectivity index (χ0) is 33.0. The Morgan fingerprint density at radius 3 is 2.13 bits per heavy atom. The number of hydrogen-bond acceptors (Lipinski definition) is 7. The maximum atomic E-state index is 13.1. The van der Waals surface area contributed by atoms with Crippen molar-refractivity contribution < 1.29 is 44.3 Å². The van der Waals surface area contributed by atoms with Crippen LogP contribution < -0.4 is 0 Å². The first kappa shape index (κ1) is 33.4. The van der Waals surface area contributed by atoms with E-state index in [0.717, 1.165) is 51.2 Å². The van der Waals surface area contributed by atoms with Gasteiger partial charge in [-0.15, -0.1) is 0 Å². The van der Waals surface area contributed by atoms with Crippen LogP contribution >= 0.6 is 0 Å². The number of fused-ring (bicyclic) bond motifs is 7. The Morgan fingerprint density at radius 1 is 0.778 bits per heavy atom. The Bertz CT molecular complexity index is 1220. The van der Waals surface area contributed by atoms with Gasteiger partial charge < -0.3 is 34.7 Å². The molecule has 0 aromatic heterocycles. The first-order valence-electron chi connectivity index (χ1n) is 17.5. The number of rotatable bonds is 5. The molecule has 6 rings (SSSR count). The second-order valence-electron chi connectivity index (χ2n) is 17.8. The minimum Gasteiger partial charge on any atom is -0.481 e. The highest BCUT2D eigenvalue weighted by Crippen LogP contribution is 2.77. The molecule has 6 aliphatic rings. The molecule has 0 aromatic rings. The van der Waals surface area contributed by atoms with Crippen molar-refractivity contribution in [2.75, 3.05) is 0 Å². The zero-order valence-corrected chi connectivity index (χ0v) is 28.1. The van der Waals surface area contributed by atoms with Crippen molar-refractivity contribution in [3.63, 3.8) is 0 Å². The van der Waals surface area contributed by atoms with Gasteiger partial charge in [-0.1, -0.05) is 41.5 Å². The molecule has 1 aliphatic heterocycles. The summed E-state index contributed by atoms with van der Waals surface area (Å²) in [5, 5.41) is 42.7. The van der Waals surface area contributed by atoms with E-state index in [1.165, 1.54) is 0 Å². The molecule has 5 saturated carbocycles. The van der Waals surface area contributed by atoms with Crippen LogP contribution in [0.5, 0.6) is 0 Å². The summed E-state index contributed by atoms with van der Waals surface area (Å²) in [6, 6.07) is 0. The minimum atomic E-state index is -1.09. The van der Waals surface area contributed by atoms with Crippen LogP contribution in [0, 0.1) is 56.2 Å². The summed E-state index contributed by atoms with van der Waals surface area (Å²) in [6.07, 6.45) is 4.71. The number of aldehydes is 1. The Balaban J connectivity index is 1.30. The van der Waals surface area contributed by atoms with Gasteiger partial charge >= 0.3 is 11.9 Å². The predicted octanol–water partition coefficient (Wildman–Crippen LogP) is 5.44.